The van der Waals surface area contributed by atoms with Gasteiger partial charge < -0.3 is 15.0 Å². The third kappa shape index (κ3) is 3.16. The first kappa shape index (κ1) is 11.3. The highest BCUT2D eigenvalue weighted by atomic mass is 16.3. The van der Waals surface area contributed by atoms with E-state index in [1.807, 2.05) is 0 Å². The molecule has 3 nitrogen and oxygen atoms in total. The minimum atomic E-state index is 0.213. The standard InChI is InChI=1S/C11H20N2O/c1-3-11(9-14)12-7-10-5-6-13(4-2)8-10/h5-6,8,11-12,14H,3-4,7,9H2,1-2H3. The summed E-state index contributed by atoms with van der Waals surface area (Å²) in [5.41, 5.74) is 1.28. The number of nitrogens with zero attached hydrogens (tertiary/aromatic N) is 1. The molecule has 0 aliphatic rings. The van der Waals surface area contributed by atoms with Gasteiger partial charge in [-0.15, -0.1) is 0 Å². The molecule has 1 rings (SSSR count). The molecule has 1 unspecified atom stereocenters. The number of hydrogen-bond acceptors (Lipinski definition) is 2. The highest BCUT2D eigenvalue weighted by molar-refractivity contribution is 5.09. The van der Waals surface area contributed by atoms with Crippen molar-refractivity contribution in [2.75, 3.05) is 6.61 Å². The number of nitrogens with one attached hydrogen (secondary N) is 1. The highest BCUT2D eigenvalue weighted by Gasteiger charge is 2.03. The van der Waals surface area contributed by atoms with E-state index in [-0.39, 0.29) is 12.6 Å². The van der Waals surface area contributed by atoms with Gasteiger partial charge in [-0.2, -0.15) is 0 Å². The summed E-state index contributed by atoms with van der Waals surface area (Å²) in [6.45, 7) is 6.26. The van der Waals surface area contributed by atoms with Crippen molar-refractivity contribution in [2.45, 2.75) is 39.4 Å². The Morgan fingerprint density at radius 3 is 2.79 bits per heavy atom. The first-order valence-corrected chi connectivity index (χ1v) is 5.29. The van der Waals surface area contributed by atoms with Gasteiger partial charge in [0.1, 0.15) is 0 Å². The number of hydrogen-bond donors (Lipinski definition) is 2. The summed E-state index contributed by atoms with van der Waals surface area (Å²) in [6, 6.07) is 2.33. The molecule has 1 heterocycles. The Kier molecular flexibility index (Phi) is 4.70. The summed E-state index contributed by atoms with van der Waals surface area (Å²) in [5.74, 6) is 0. The van der Waals surface area contributed by atoms with Crippen molar-refractivity contribution in [3.05, 3.63) is 24.0 Å². The van der Waals surface area contributed by atoms with Crippen LogP contribution in [0.4, 0.5) is 0 Å². The van der Waals surface area contributed by atoms with Crippen LogP contribution >= 0.6 is 0 Å². The van der Waals surface area contributed by atoms with Crippen LogP contribution in [-0.4, -0.2) is 22.3 Å². The van der Waals surface area contributed by atoms with Crippen molar-refractivity contribution < 1.29 is 5.11 Å². The normalized spacial score (nSPS) is 13.1. The third-order valence-electron chi connectivity index (χ3n) is 2.48. The van der Waals surface area contributed by atoms with E-state index in [4.69, 9.17) is 5.11 Å². The van der Waals surface area contributed by atoms with Crippen molar-refractivity contribution in [1.29, 1.82) is 0 Å². The lowest BCUT2D eigenvalue weighted by atomic mass is 10.2. The van der Waals surface area contributed by atoms with Crippen molar-refractivity contribution in [3.8, 4) is 0 Å². The molecule has 0 saturated heterocycles. The molecule has 0 bridgehead atoms. The molecule has 0 radical (unpaired) electrons. The van der Waals surface area contributed by atoms with Gasteiger partial charge >= 0.3 is 0 Å². The van der Waals surface area contributed by atoms with Crippen LogP contribution in [0.15, 0.2) is 18.5 Å². The van der Waals surface area contributed by atoms with E-state index in [2.05, 4.69) is 42.2 Å². The Labute approximate surface area is 85.7 Å². The van der Waals surface area contributed by atoms with Gasteiger partial charge in [0.25, 0.3) is 0 Å². The van der Waals surface area contributed by atoms with Crippen LogP contribution in [-0.2, 0) is 13.1 Å². The van der Waals surface area contributed by atoms with Crippen molar-refractivity contribution in [2.24, 2.45) is 0 Å². The molecule has 0 fully saturated rings. The zero-order valence-corrected chi connectivity index (χ0v) is 9.03. The molecule has 0 spiro atoms. The van der Waals surface area contributed by atoms with Crippen LogP contribution in [0.25, 0.3) is 0 Å². The fourth-order valence-electron chi connectivity index (χ4n) is 1.39. The molecule has 14 heavy (non-hydrogen) atoms. The summed E-state index contributed by atoms with van der Waals surface area (Å²) in [6.07, 6.45) is 5.18. The summed E-state index contributed by atoms with van der Waals surface area (Å²) in [5, 5.41) is 12.3. The lowest BCUT2D eigenvalue weighted by Crippen LogP contribution is -2.30. The van der Waals surface area contributed by atoms with Crippen LogP contribution in [0.1, 0.15) is 25.8 Å². The highest BCUT2D eigenvalue weighted by Crippen LogP contribution is 2.01. The van der Waals surface area contributed by atoms with Gasteiger partial charge in [-0.1, -0.05) is 6.92 Å². The largest absolute Gasteiger partial charge is 0.395 e. The molecule has 0 aliphatic carbocycles. The van der Waals surface area contributed by atoms with Crippen molar-refractivity contribution in [3.63, 3.8) is 0 Å². The van der Waals surface area contributed by atoms with Gasteiger partial charge in [-0.3, -0.25) is 0 Å². The molecule has 80 valence electrons. The van der Waals surface area contributed by atoms with E-state index in [1.54, 1.807) is 0 Å². The van der Waals surface area contributed by atoms with E-state index in [1.165, 1.54) is 5.56 Å². The topological polar surface area (TPSA) is 37.2 Å². The van der Waals surface area contributed by atoms with E-state index in [0.717, 1.165) is 19.5 Å². The summed E-state index contributed by atoms with van der Waals surface area (Å²) in [7, 11) is 0. The molecular formula is C11H20N2O. The molecule has 3 heteroatoms. The van der Waals surface area contributed by atoms with Gasteiger partial charge in [0, 0.05) is 31.5 Å². The smallest absolute Gasteiger partial charge is 0.0584 e. The Balaban J connectivity index is 2.37. The molecular weight excluding hydrogens is 176 g/mol. The van der Waals surface area contributed by atoms with Crippen LogP contribution in [0.5, 0.6) is 0 Å². The van der Waals surface area contributed by atoms with Crippen LogP contribution < -0.4 is 5.32 Å². The minimum absolute atomic E-state index is 0.213. The maximum absolute atomic E-state index is 8.99. The SMILES string of the molecule is CCC(CO)NCc1ccn(CC)c1. The fourth-order valence-corrected chi connectivity index (χ4v) is 1.39. The van der Waals surface area contributed by atoms with E-state index in [0.29, 0.717) is 0 Å². The quantitative estimate of drug-likeness (QED) is 0.721. The molecule has 1 atom stereocenters. The van der Waals surface area contributed by atoms with E-state index >= 15 is 0 Å². The Morgan fingerprint density at radius 1 is 1.50 bits per heavy atom. The van der Waals surface area contributed by atoms with Crippen LogP contribution in [0.2, 0.25) is 0 Å². The minimum Gasteiger partial charge on any atom is -0.395 e. The molecule has 0 saturated carbocycles. The zero-order valence-electron chi connectivity index (χ0n) is 9.03. The molecule has 1 aromatic rings. The molecule has 1 aromatic heterocycles. The summed E-state index contributed by atoms with van der Waals surface area (Å²) >= 11 is 0. The van der Waals surface area contributed by atoms with Gasteiger partial charge in [0.15, 0.2) is 0 Å². The van der Waals surface area contributed by atoms with E-state index < -0.39 is 0 Å². The second-order valence-corrected chi connectivity index (χ2v) is 3.52. The molecule has 0 amide bonds. The second-order valence-electron chi connectivity index (χ2n) is 3.52. The van der Waals surface area contributed by atoms with Gasteiger partial charge in [-0.05, 0) is 25.0 Å². The maximum atomic E-state index is 8.99. The Morgan fingerprint density at radius 2 is 2.29 bits per heavy atom. The van der Waals surface area contributed by atoms with Crippen molar-refractivity contribution in [1.82, 2.24) is 9.88 Å². The molecule has 0 aromatic carbocycles. The molecule has 0 aliphatic heterocycles. The second kappa shape index (κ2) is 5.83. The Bertz CT molecular complexity index is 254. The maximum Gasteiger partial charge on any atom is 0.0584 e. The lowest BCUT2D eigenvalue weighted by Gasteiger charge is -2.12. The average molecular weight is 196 g/mol. The van der Waals surface area contributed by atoms with Gasteiger partial charge in [0.2, 0.25) is 0 Å². The fraction of sp³-hybridized carbons (Fsp3) is 0.636. The number of aromatic nitrogens is 1. The Hall–Kier alpha value is -0.800. The summed E-state index contributed by atoms with van der Waals surface area (Å²) < 4.78 is 2.15. The van der Waals surface area contributed by atoms with E-state index in [9.17, 15) is 0 Å². The van der Waals surface area contributed by atoms with Gasteiger partial charge in [-0.25, -0.2) is 0 Å². The first-order valence-electron chi connectivity index (χ1n) is 5.29. The monoisotopic (exact) mass is 196 g/mol. The van der Waals surface area contributed by atoms with Crippen LogP contribution in [0.3, 0.4) is 0 Å². The first-order chi connectivity index (χ1) is 6.80. The number of aliphatic hydroxyl groups excluding tert-OH is 1. The number of aliphatic hydroxyl groups is 1. The predicted molar refractivity (Wildman–Crippen MR) is 58.1 cm³/mol. The number of aryl methyl sites for hydroxylation is 1. The third-order valence-corrected chi connectivity index (χ3v) is 2.48. The molecule has 2 N–H and O–H groups in total. The van der Waals surface area contributed by atoms with Crippen molar-refractivity contribution >= 4 is 0 Å². The number of rotatable bonds is 6. The summed E-state index contributed by atoms with van der Waals surface area (Å²) in [4.78, 5) is 0. The lowest BCUT2D eigenvalue weighted by molar-refractivity contribution is 0.238. The zero-order chi connectivity index (χ0) is 10.4. The van der Waals surface area contributed by atoms with Crippen LogP contribution in [0, 0.1) is 0 Å². The van der Waals surface area contributed by atoms with Gasteiger partial charge in [0.05, 0.1) is 6.61 Å². The predicted octanol–water partition coefficient (Wildman–Crippen LogP) is 1.37. The average Bonchev–Trinajstić information content (AvgIpc) is 2.67.